The number of aliphatic hydroxyl groups excluding tert-OH is 4. The number of carbonyl (C=O) groups is 1. The lowest BCUT2D eigenvalue weighted by Gasteiger charge is -2.33. The first kappa shape index (κ1) is 21.3. The van der Waals surface area contributed by atoms with Gasteiger partial charge in [-0.15, -0.1) is 0 Å². The standard InChI is InChI=1S/C16H31NO7/c1-2-23-11-14(21)17-7-5-3-4-6-8-24-16(13(20)10-18)15(22)12(19)9-17/h12-13,15-16,18-20,22H,2-11H2,1H3/t12-,13+,15+,16+/m0/s1. The van der Waals surface area contributed by atoms with Gasteiger partial charge in [-0.25, -0.2) is 0 Å². The van der Waals surface area contributed by atoms with Crippen LogP contribution in [0.3, 0.4) is 0 Å². The van der Waals surface area contributed by atoms with Crippen LogP contribution in [0.4, 0.5) is 0 Å². The molecule has 1 rings (SSSR count). The molecular weight excluding hydrogens is 318 g/mol. The normalized spacial score (nSPS) is 28.7. The van der Waals surface area contributed by atoms with Crippen LogP contribution in [0.15, 0.2) is 0 Å². The Morgan fingerprint density at radius 2 is 2.00 bits per heavy atom. The van der Waals surface area contributed by atoms with E-state index >= 15 is 0 Å². The predicted octanol–water partition coefficient (Wildman–Crippen LogP) is -1.11. The number of hydrogen-bond donors (Lipinski definition) is 4. The lowest BCUT2D eigenvalue weighted by atomic mass is 10.0. The van der Waals surface area contributed by atoms with E-state index in [1.54, 1.807) is 6.92 Å². The van der Waals surface area contributed by atoms with E-state index in [1.807, 2.05) is 0 Å². The van der Waals surface area contributed by atoms with Crippen molar-refractivity contribution in [2.24, 2.45) is 0 Å². The van der Waals surface area contributed by atoms with Gasteiger partial charge in [0.15, 0.2) is 0 Å². The number of carbonyl (C=O) groups excluding carboxylic acids is 1. The number of hydrogen-bond acceptors (Lipinski definition) is 7. The lowest BCUT2D eigenvalue weighted by Crippen LogP contribution is -2.52. The zero-order valence-corrected chi connectivity index (χ0v) is 14.3. The molecule has 4 atom stereocenters. The van der Waals surface area contributed by atoms with Gasteiger partial charge in [0.2, 0.25) is 5.91 Å². The molecule has 142 valence electrons. The minimum atomic E-state index is -1.41. The third-order valence-corrected chi connectivity index (χ3v) is 4.12. The van der Waals surface area contributed by atoms with Crippen LogP contribution in [0, 0.1) is 0 Å². The second kappa shape index (κ2) is 11.7. The molecule has 0 aromatic carbocycles. The Hall–Kier alpha value is -0.770. The summed E-state index contributed by atoms with van der Waals surface area (Å²) in [6, 6.07) is 0. The van der Waals surface area contributed by atoms with Gasteiger partial charge < -0.3 is 34.8 Å². The molecule has 0 bridgehead atoms. The summed E-state index contributed by atoms with van der Waals surface area (Å²) in [7, 11) is 0. The number of β-amino-alcohol motifs (C(OH)–C–C–N with tert-alkyl or cyclic N) is 1. The average molecular weight is 349 g/mol. The summed E-state index contributed by atoms with van der Waals surface area (Å²) in [6.07, 6.45) is -1.76. The first-order valence-electron chi connectivity index (χ1n) is 8.63. The van der Waals surface area contributed by atoms with Crippen molar-refractivity contribution in [2.75, 3.05) is 39.5 Å². The number of nitrogens with zero attached hydrogens (tertiary/aromatic N) is 1. The fraction of sp³-hybridized carbons (Fsp3) is 0.938. The van der Waals surface area contributed by atoms with Gasteiger partial charge in [0.25, 0.3) is 0 Å². The van der Waals surface area contributed by atoms with Gasteiger partial charge in [0.1, 0.15) is 31.0 Å². The summed E-state index contributed by atoms with van der Waals surface area (Å²) in [5.74, 6) is -0.250. The molecular formula is C16H31NO7. The molecule has 1 aliphatic rings. The second-order valence-electron chi connectivity index (χ2n) is 6.03. The molecule has 0 radical (unpaired) electrons. The van der Waals surface area contributed by atoms with Crippen LogP contribution in [-0.4, -0.2) is 95.2 Å². The Morgan fingerprint density at radius 3 is 2.67 bits per heavy atom. The van der Waals surface area contributed by atoms with Crippen molar-refractivity contribution in [3.05, 3.63) is 0 Å². The van der Waals surface area contributed by atoms with Crippen molar-refractivity contribution >= 4 is 5.91 Å². The molecule has 0 spiro atoms. The van der Waals surface area contributed by atoms with Crippen molar-refractivity contribution in [3.63, 3.8) is 0 Å². The minimum Gasteiger partial charge on any atom is -0.394 e. The topological polar surface area (TPSA) is 120 Å². The van der Waals surface area contributed by atoms with E-state index in [2.05, 4.69) is 0 Å². The van der Waals surface area contributed by atoms with Gasteiger partial charge in [-0.05, 0) is 19.8 Å². The monoisotopic (exact) mass is 349 g/mol. The van der Waals surface area contributed by atoms with E-state index in [0.717, 1.165) is 25.7 Å². The number of amides is 1. The van der Waals surface area contributed by atoms with E-state index in [1.165, 1.54) is 4.90 Å². The first-order chi connectivity index (χ1) is 11.5. The van der Waals surface area contributed by atoms with Crippen molar-refractivity contribution < 1.29 is 34.7 Å². The third-order valence-electron chi connectivity index (χ3n) is 4.12. The van der Waals surface area contributed by atoms with Gasteiger partial charge in [0.05, 0.1) is 6.61 Å². The Morgan fingerprint density at radius 1 is 1.29 bits per heavy atom. The summed E-state index contributed by atoms with van der Waals surface area (Å²) in [6.45, 7) is 2.29. The molecule has 1 fully saturated rings. The van der Waals surface area contributed by atoms with Gasteiger partial charge in [0, 0.05) is 26.3 Å². The fourth-order valence-electron chi connectivity index (χ4n) is 2.67. The van der Waals surface area contributed by atoms with Crippen molar-refractivity contribution in [1.29, 1.82) is 0 Å². The Labute approximate surface area is 143 Å². The van der Waals surface area contributed by atoms with Crippen molar-refractivity contribution in [3.8, 4) is 0 Å². The SMILES string of the molecule is CCOCC(=O)N1CCCCCCO[C@H]([C@H](O)CO)[C@H](O)[C@@H](O)C1. The molecule has 24 heavy (non-hydrogen) atoms. The van der Waals surface area contributed by atoms with Crippen molar-refractivity contribution in [1.82, 2.24) is 4.90 Å². The van der Waals surface area contributed by atoms with E-state index in [4.69, 9.17) is 14.6 Å². The first-order valence-corrected chi connectivity index (χ1v) is 8.63. The number of aliphatic hydroxyl groups is 4. The largest absolute Gasteiger partial charge is 0.394 e. The summed E-state index contributed by atoms with van der Waals surface area (Å²) in [5.41, 5.74) is 0. The summed E-state index contributed by atoms with van der Waals surface area (Å²) in [4.78, 5) is 13.7. The van der Waals surface area contributed by atoms with E-state index < -0.39 is 31.0 Å². The molecule has 0 aromatic heterocycles. The van der Waals surface area contributed by atoms with Gasteiger partial charge >= 0.3 is 0 Å². The van der Waals surface area contributed by atoms with Gasteiger partial charge in [-0.2, -0.15) is 0 Å². The molecule has 0 aromatic rings. The van der Waals surface area contributed by atoms with Crippen LogP contribution in [-0.2, 0) is 14.3 Å². The molecule has 1 amide bonds. The Balaban J connectivity index is 2.79. The molecule has 1 saturated heterocycles. The minimum absolute atomic E-state index is 0.0709. The molecule has 1 aliphatic heterocycles. The van der Waals surface area contributed by atoms with Crippen LogP contribution in [0.2, 0.25) is 0 Å². The molecule has 0 saturated carbocycles. The van der Waals surface area contributed by atoms with Crippen LogP contribution in [0.5, 0.6) is 0 Å². The smallest absolute Gasteiger partial charge is 0.248 e. The zero-order chi connectivity index (χ0) is 17.9. The van der Waals surface area contributed by atoms with Crippen LogP contribution in [0.25, 0.3) is 0 Å². The van der Waals surface area contributed by atoms with Crippen molar-refractivity contribution in [2.45, 2.75) is 57.0 Å². The molecule has 8 nitrogen and oxygen atoms in total. The fourth-order valence-corrected chi connectivity index (χ4v) is 2.67. The van der Waals surface area contributed by atoms with E-state index in [-0.39, 0.29) is 19.1 Å². The van der Waals surface area contributed by atoms with Crippen LogP contribution < -0.4 is 0 Å². The van der Waals surface area contributed by atoms with E-state index in [0.29, 0.717) is 19.8 Å². The highest BCUT2D eigenvalue weighted by Gasteiger charge is 2.34. The maximum atomic E-state index is 12.2. The molecule has 1 heterocycles. The molecule has 4 N–H and O–H groups in total. The van der Waals surface area contributed by atoms with Crippen LogP contribution in [0.1, 0.15) is 32.6 Å². The average Bonchev–Trinajstić information content (AvgIpc) is 2.58. The Bertz CT molecular complexity index is 355. The summed E-state index contributed by atoms with van der Waals surface area (Å²) < 4.78 is 10.6. The predicted molar refractivity (Wildman–Crippen MR) is 86.4 cm³/mol. The number of rotatable bonds is 5. The Kier molecular flexibility index (Phi) is 10.4. The second-order valence-corrected chi connectivity index (χ2v) is 6.03. The molecule has 8 heteroatoms. The quantitative estimate of drug-likeness (QED) is 0.497. The highest BCUT2D eigenvalue weighted by molar-refractivity contribution is 5.77. The highest BCUT2D eigenvalue weighted by Crippen LogP contribution is 2.14. The highest BCUT2D eigenvalue weighted by atomic mass is 16.5. The summed E-state index contributed by atoms with van der Waals surface area (Å²) >= 11 is 0. The number of ether oxygens (including phenoxy) is 2. The maximum absolute atomic E-state index is 12.2. The molecule has 0 unspecified atom stereocenters. The third kappa shape index (κ3) is 7.00. The maximum Gasteiger partial charge on any atom is 0.248 e. The van der Waals surface area contributed by atoms with E-state index in [9.17, 15) is 20.1 Å². The van der Waals surface area contributed by atoms with Gasteiger partial charge in [-0.3, -0.25) is 4.79 Å². The summed E-state index contributed by atoms with van der Waals surface area (Å²) in [5, 5.41) is 39.5. The lowest BCUT2D eigenvalue weighted by molar-refractivity contribution is -0.153. The molecule has 0 aliphatic carbocycles. The zero-order valence-electron chi connectivity index (χ0n) is 14.3. The van der Waals surface area contributed by atoms with Gasteiger partial charge in [-0.1, -0.05) is 12.8 Å². The van der Waals surface area contributed by atoms with Crippen LogP contribution >= 0.6 is 0 Å².